The Morgan fingerprint density at radius 1 is 1.53 bits per heavy atom. The van der Waals surface area contributed by atoms with E-state index in [0.717, 1.165) is 35.0 Å². The lowest BCUT2D eigenvalue weighted by Gasteiger charge is -2.38. The summed E-state index contributed by atoms with van der Waals surface area (Å²) in [6, 6.07) is 1.99. The Balaban J connectivity index is 2.00. The molecule has 17 heavy (non-hydrogen) atoms. The van der Waals surface area contributed by atoms with Crippen molar-refractivity contribution in [2.45, 2.75) is 50.7 Å². The predicted octanol–water partition coefficient (Wildman–Crippen LogP) is 3.36. The highest BCUT2D eigenvalue weighted by atomic mass is 79.9. The minimum Gasteiger partial charge on any atom is -0.390 e. The third kappa shape index (κ3) is 3.11. The molecule has 0 aromatic carbocycles. The van der Waals surface area contributed by atoms with Gasteiger partial charge < -0.3 is 10.2 Å². The minimum atomic E-state index is -0.879. The van der Waals surface area contributed by atoms with Gasteiger partial charge in [-0.25, -0.2) is 0 Å². The Hall–Kier alpha value is 0.100. The van der Waals surface area contributed by atoms with Crippen LogP contribution >= 0.6 is 27.3 Å². The van der Waals surface area contributed by atoms with E-state index in [4.69, 9.17) is 0 Å². The molecule has 1 aliphatic carbocycles. The summed E-state index contributed by atoms with van der Waals surface area (Å²) >= 11 is 5.09. The van der Waals surface area contributed by atoms with Gasteiger partial charge in [-0.05, 0) is 59.0 Å². The van der Waals surface area contributed by atoms with Gasteiger partial charge in [0, 0.05) is 15.8 Å². The van der Waals surface area contributed by atoms with Crippen molar-refractivity contribution in [1.29, 1.82) is 0 Å². The summed E-state index contributed by atoms with van der Waals surface area (Å²) in [6.07, 6.45) is 3.36. The molecular formula is C13H19BrO2S. The maximum absolute atomic E-state index is 10.5. The molecule has 1 saturated carbocycles. The van der Waals surface area contributed by atoms with Crippen LogP contribution in [0.25, 0.3) is 0 Å². The fourth-order valence-electron chi connectivity index (χ4n) is 2.43. The summed E-state index contributed by atoms with van der Waals surface area (Å²) < 4.78 is 1.04. The van der Waals surface area contributed by atoms with E-state index in [1.807, 2.05) is 11.4 Å². The van der Waals surface area contributed by atoms with Gasteiger partial charge in [0.25, 0.3) is 0 Å². The molecule has 1 aliphatic rings. The van der Waals surface area contributed by atoms with E-state index in [1.165, 1.54) is 0 Å². The molecule has 2 nitrogen and oxygen atoms in total. The van der Waals surface area contributed by atoms with Crippen molar-refractivity contribution in [2.24, 2.45) is 5.92 Å². The second kappa shape index (κ2) is 5.39. The van der Waals surface area contributed by atoms with Gasteiger partial charge in [-0.1, -0.05) is 6.92 Å². The van der Waals surface area contributed by atoms with Crippen molar-refractivity contribution in [3.8, 4) is 0 Å². The largest absolute Gasteiger partial charge is 0.390 e. The van der Waals surface area contributed by atoms with E-state index >= 15 is 0 Å². The topological polar surface area (TPSA) is 40.5 Å². The molecule has 0 bridgehead atoms. The van der Waals surface area contributed by atoms with E-state index in [9.17, 15) is 10.2 Å². The van der Waals surface area contributed by atoms with Crippen LogP contribution in [0.15, 0.2) is 15.9 Å². The lowest BCUT2D eigenvalue weighted by molar-refractivity contribution is -0.102. The maximum atomic E-state index is 10.5. The molecule has 1 fully saturated rings. The molecular weight excluding hydrogens is 300 g/mol. The third-order valence-corrected chi connectivity index (χ3v) is 5.78. The lowest BCUT2D eigenvalue weighted by atomic mass is 9.76. The average molecular weight is 319 g/mol. The van der Waals surface area contributed by atoms with E-state index in [-0.39, 0.29) is 0 Å². The molecule has 1 unspecified atom stereocenters. The number of thiophene rings is 1. The first-order valence-electron chi connectivity index (χ1n) is 6.13. The van der Waals surface area contributed by atoms with Crippen LogP contribution < -0.4 is 0 Å². The molecule has 2 N–H and O–H groups in total. The zero-order valence-electron chi connectivity index (χ0n) is 10.0. The van der Waals surface area contributed by atoms with Crippen molar-refractivity contribution in [2.75, 3.05) is 0 Å². The fraction of sp³-hybridized carbons (Fsp3) is 0.692. The average Bonchev–Trinajstić information content (AvgIpc) is 2.69. The van der Waals surface area contributed by atoms with Crippen molar-refractivity contribution in [3.05, 3.63) is 20.8 Å². The summed E-state index contributed by atoms with van der Waals surface area (Å²) in [7, 11) is 0. The summed E-state index contributed by atoms with van der Waals surface area (Å²) in [5, 5.41) is 22.7. The minimum absolute atomic E-state index is 0.545. The number of aliphatic hydroxyl groups is 2. The summed E-state index contributed by atoms with van der Waals surface area (Å²) in [5.74, 6) is 0.677. The van der Waals surface area contributed by atoms with Crippen molar-refractivity contribution in [1.82, 2.24) is 0 Å². The Bertz CT molecular complexity index is 369. The molecule has 0 aliphatic heterocycles. The van der Waals surface area contributed by atoms with Crippen LogP contribution in [-0.2, 0) is 6.42 Å². The number of hydrogen-bond donors (Lipinski definition) is 2. The Morgan fingerprint density at radius 2 is 2.18 bits per heavy atom. The summed E-state index contributed by atoms with van der Waals surface area (Å²) in [6.45, 7) is 2.21. The molecule has 1 heterocycles. The molecule has 1 aromatic rings. The molecule has 0 amide bonds. The second-order valence-electron chi connectivity index (χ2n) is 5.20. The number of aliphatic hydroxyl groups excluding tert-OH is 1. The molecule has 96 valence electrons. The Morgan fingerprint density at radius 3 is 2.71 bits per heavy atom. The predicted molar refractivity (Wildman–Crippen MR) is 74.3 cm³/mol. The van der Waals surface area contributed by atoms with Crippen LogP contribution in [0.1, 0.15) is 37.5 Å². The summed E-state index contributed by atoms with van der Waals surface area (Å²) in [5.41, 5.74) is -0.879. The van der Waals surface area contributed by atoms with Gasteiger partial charge in [0.2, 0.25) is 0 Å². The second-order valence-corrected chi connectivity index (χ2v) is 7.05. The third-order valence-electron chi connectivity index (χ3n) is 3.83. The van der Waals surface area contributed by atoms with Gasteiger partial charge in [0.15, 0.2) is 0 Å². The molecule has 0 radical (unpaired) electrons. The van der Waals surface area contributed by atoms with E-state index < -0.39 is 11.7 Å². The fourth-order valence-corrected chi connectivity index (χ4v) is 3.98. The van der Waals surface area contributed by atoms with E-state index in [0.29, 0.717) is 12.3 Å². The van der Waals surface area contributed by atoms with Crippen LogP contribution in [0, 0.1) is 5.92 Å². The van der Waals surface area contributed by atoms with Crippen LogP contribution in [0.4, 0.5) is 0 Å². The smallest absolute Gasteiger partial charge is 0.0909 e. The monoisotopic (exact) mass is 318 g/mol. The molecule has 2 rings (SSSR count). The highest BCUT2D eigenvalue weighted by Gasteiger charge is 2.38. The van der Waals surface area contributed by atoms with Crippen molar-refractivity contribution >= 4 is 27.3 Å². The van der Waals surface area contributed by atoms with E-state index in [1.54, 1.807) is 11.3 Å². The van der Waals surface area contributed by atoms with Gasteiger partial charge >= 0.3 is 0 Å². The van der Waals surface area contributed by atoms with Gasteiger partial charge in [0.1, 0.15) is 0 Å². The van der Waals surface area contributed by atoms with Gasteiger partial charge in [-0.2, -0.15) is 0 Å². The molecule has 0 saturated heterocycles. The van der Waals surface area contributed by atoms with Crippen molar-refractivity contribution < 1.29 is 10.2 Å². The quantitative estimate of drug-likeness (QED) is 0.897. The van der Waals surface area contributed by atoms with Crippen LogP contribution in [-0.4, -0.2) is 21.9 Å². The lowest BCUT2D eigenvalue weighted by Crippen LogP contribution is -2.46. The molecule has 0 spiro atoms. The van der Waals surface area contributed by atoms with Crippen LogP contribution in [0.5, 0.6) is 0 Å². The van der Waals surface area contributed by atoms with Crippen LogP contribution in [0.2, 0.25) is 0 Å². The Labute approximate surface area is 115 Å². The number of hydrogen-bond acceptors (Lipinski definition) is 3. The van der Waals surface area contributed by atoms with Gasteiger partial charge in [-0.3, -0.25) is 0 Å². The van der Waals surface area contributed by atoms with Crippen LogP contribution in [0.3, 0.4) is 0 Å². The van der Waals surface area contributed by atoms with Gasteiger partial charge in [-0.15, -0.1) is 11.3 Å². The molecule has 1 aromatic heterocycles. The molecule has 4 heteroatoms. The zero-order valence-corrected chi connectivity index (χ0v) is 12.4. The highest BCUT2D eigenvalue weighted by Crippen LogP contribution is 2.36. The SMILES string of the molecule is CC1CCC(O)(C(O)Cc2sccc2Br)CC1. The first-order valence-corrected chi connectivity index (χ1v) is 7.81. The van der Waals surface area contributed by atoms with Crippen molar-refractivity contribution in [3.63, 3.8) is 0 Å². The molecule has 1 atom stereocenters. The first-order chi connectivity index (χ1) is 8.01. The Kier molecular flexibility index (Phi) is 4.29. The summed E-state index contributed by atoms with van der Waals surface area (Å²) in [4.78, 5) is 1.12. The number of rotatable bonds is 3. The standard InChI is InChI=1S/C13H19BrO2S/c1-9-2-5-13(16,6-3-9)12(15)8-11-10(14)4-7-17-11/h4,7,9,12,15-16H,2-3,5-6,8H2,1H3. The maximum Gasteiger partial charge on any atom is 0.0909 e. The van der Waals surface area contributed by atoms with E-state index in [2.05, 4.69) is 22.9 Å². The van der Waals surface area contributed by atoms with Gasteiger partial charge in [0.05, 0.1) is 11.7 Å². The highest BCUT2D eigenvalue weighted by molar-refractivity contribution is 9.10. The number of halogens is 1. The zero-order chi connectivity index (χ0) is 12.5. The normalized spacial score (nSPS) is 31.4. The first kappa shape index (κ1) is 13.5.